The van der Waals surface area contributed by atoms with Gasteiger partial charge in [0.2, 0.25) is 0 Å². The summed E-state index contributed by atoms with van der Waals surface area (Å²) in [7, 11) is 1.86. The van der Waals surface area contributed by atoms with E-state index in [1.807, 2.05) is 49.5 Å². The molecule has 0 aromatic heterocycles. The van der Waals surface area contributed by atoms with Gasteiger partial charge in [0.05, 0.1) is 0 Å². The van der Waals surface area contributed by atoms with Crippen LogP contribution in [0.25, 0.3) is 0 Å². The molecule has 0 unspecified atom stereocenters. The van der Waals surface area contributed by atoms with Crippen molar-refractivity contribution in [3.05, 3.63) is 101 Å². The molecule has 0 saturated heterocycles. The maximum Gasteiger partial charge on any atom is 0.253 e. The molecule has 0 aliphatic carbocycles. The number of carbonyl (C=O) groups excluding carboxylic acids is 1. The van der Waals surface area contributed by atoms with E-state index in [9.17, 15) is 4.79 Å². The highest BCUT2D eigenvalue weighted by molar-refractivity contribution is 5.94. The molecule has 0 atom stereocenters. The van der Waals surface area contributed by atoms with E-state index in [2.05, 4.69) is 41.3 Å². The van der Waals surface area contributed by atoms with Gasteiger partial charge < -0.3 is 9.80 Å². The molecular weight excluding hydrogens is 344 g/mol. The molecule has 3 aromatic rings. The predicted molar refractivity (Wildman–Crippen MR) is 114 cm³/mol. The van der Waals surface area contributed by atoms with E-state index in [0.29, 0.717) is 6.54 Å². The van der Waals surface area contributed by atoms with Crippen LogP contribution in [0.5, 0.6) is 0 Å². The van der Waals surface area contributed by atoms with Gasteiger partial charge in [-0.15, -0.1) is 0 Å². The van der Waals surface area contributed by atoms with Crippen molar-refractivity contribution in [1.82, 2.24) is 4.90 Å². The zero-order chi connectivity index (χ0) is 19.3. The number of nitrogens with zero attached hydrogens (tertiary/aromatic N) is 2. The molecule has 1 amide bonds. The van der Waals surface area contributed by atoms with Crippen molar-refractivity contribution < 1.29 is 4.79 Å². The Hall–Kier alpha value is -3.07. The standard InChI is InChI=1S/C25H26N2O/c1-26(18-20-8-3-2-4-9-20)25(28)23-15-13-21(14-16-23)19-27-17-7-11-22-10-5-6-12-24(22)27/h2-6,8-10,12-16H,7,11,17-19H2,1H3. The number of aryl methyl sites for hydroxylation is 1. The molecule has 3 nitrogen and oxygen atoms in total. The summed E-state index contributed by atoms with van der Waals surface area (Å²) in [4.78, 5) is 16.9. The van der Waals surface area contributed by atoms with Gasteiger partial charge in [0, 0.05) is 37.9 Å². The number of carbonyl (C=O) groups is 1. The fraction of sp³-hybridized carbons (Fsp3) is 0.240. The monoisotopic (exact) mass is 370 g/mol. The van der Waals surface area contributed by atoms with Crippen molar-refractivity contribution in [1.29, 1.82) is 0 Å². The zero-order valence-electron chi connectivity index (χ0n) is 16.3. The average molecular weight is 370 g/mol. The van der Waals surface area contributed by atoms with Crippen LogP contribution in [-0.4, -0.2) is 24.4 Å². The van der Waals surface area contributed by atoms with Crippen molar-refractivity contribution in [2.24, 2.45) is 0 Å². The van der Waals surface area contributed by atoms with Gasteiger partial charge in [-0.1, -0.05) is 60.7 Å². The molecule has 0 bridgehead atoms. The summed E-state index contributed by atoms with van der Waals surface area (Å²) in [5.74, 6) is 0.0544. The number of hydrogen-bond donors (Lipinski definition) is 0. The Morgan fingerprint density at radius 1 is 0.893 bits per heavy atom. The number of para-hydroxylation sites is 1. The summed E-state index contributed by atoms with van der Waals surface area (Å²) in [6.45, 7) is 2.58. The topological polar surface area (TPSA) is 23.6 Å². The van der Waals surface area contributed by atoms with E-state index in [-0.39, 0.29) is 5.91 Å². The molecule has 0 spiro atoms. The Bertz CT molecular complexity index is 934. The first-order valence-electron chi connectivity index (χ1n) is 9.92. The maximum atomic E-state index is 12.7. The molecule has 1 aliphatic rings. The average Bonchev–Trinajstić information content (AvgIpc) is 2.75. The van der Waals surface area contributed by atoms with Crippen LogP contribution >= 0.6 is 0 Å². The quantitative estimate of drug-likeness (QED) is 0.637. The molecular formula is C25H26N2O. The maximum absolute atomic E-state index is 12.7. The summed E-state index contributed by atoms with van der Waals surface area (Å²) >= 11 is 0. The lowest BCUT2D eigenvalue weighted by Crippen LogP contribution is -2.29. The van der Waals surface area contributed by atoms with Crippen LogP contribution in [0.15, 0.2) is 78.9 Å². The van der Waals surface area contributed by atoms with Gasteiger partial charge in [0.15, 0.2) is 0 Å². The molecule has 0 radical (unpaired) electrons. The summed E-state index contributed by atoms with van der Waals surface area (Å²) in [6.07, 6.45) is 2.35. The van der Waals surface area contributed by atoms with Gasteiger partial charge in [-0.25, -0.2) is 0 Å². The number of anilines is 1. The fourth-order valence-corrected chi connectivity index (χ4v) is 3.90. The molecule has 0 saturated carbocycles. The number of fused-ring (bicyclic) bond motifs is 1. The molecule has 0 N–H and O–H groups in total. The highest BCUT2D eigenvalue weighted by Gasteiger charge is 2.17. The highest BCUT2D eigenvalue weighted by atomic mass is 16.2. The van der Waals surface area contributed by atoms with Crippen molar-refractivity contribution in [2.75, 3.05) is 18.5 Å². The minimum atomic E-state index is 0.0544. The Balaban J connectivity index is 1.42. The molecule has 1 heterocycles. The predicted octanol–water partition coefficient (Wildman–Crippen LogP) is 4.91. The van der Waals surface area contributed by atoms with Gasteiger partial charge in [-0.05, 0) is 47.7 Å². The number of rotatable bonds is 5. The van der Waals surface area contributed by atoms with Crippen LogP contribution in [0.2, 0.25) is 0 Å². The first-order chi connectivity index (χ1) is 13.7. The molecule has 3 heteroatoms. The summed E-state index contributed by atoms with van der Waals surface area (Å²) in [5, 5.41) is 0. The lowest BCUT2D eigenvalue weighted by Gasteiger charge is -2.31. The van der Waals surface area contributed by atoms with Crippen LogP contribution < -0.4 is 4.90 Å². The first-order valence-corrected chi connectivity index (χ1v) is 9.92. The Labute approximate surface area is 167 Å². The van der Waals surface area contributed by atoms with Crippen LogP contribution in [0.4, 0.5) is 5.69 Å². The van der Waals surface area contributed by atoms with Gasteiger partial charge in [0.25, 0.3) is 5.91 Å². The van der Waals surface area contributed by atoms with Crippen LogP contribution in [0.3, 0.4) is 0 Å². The minimum absolute atomic E-state index is 0.0544. The van der Waals surface area contributed by atoms with Crippen molar-refractivity contribution in [3.63, 3.8) is 0 Å². The smallest absolute Gasteiger partial charge is 0.253 e. The van der Waals surface area contributed by atoms with Crippen LogP contribution in [-0.2, 0) is 19.5 Å². The van der Waals surface area contributed by atoms with Gasteiger partial charge in [-0.2, -0.15) is 0 Å². The number of benzene rings is 3. The molecule has 28 heavy (non-hydrogen) atoms. The Kier molecular flexibility index (Phi) is 5.43. The van der Waals surface area contributed by atoms with E-state index in [0.717, 1.165) is 30.6 Å². The molecule has 142 valence electrons. The second-order valence-corrected chi connectivity index (χ2v) is 7.50. The first kappa shape index (κ1) is 18.3. The third-order valence-electron chi connectivity index (χ3n) is 5.39. The molecule has 3 aromatic carbocycles. The van der Waals surface area contributed by atoms with Crippen LogP contribution in [0, 0.1) is 0 Å². The molecule has 1 aliphatic heterocycles. The molecule has 0 fully saturated rings. The second kappa shape index (κ2) is 8.30. The van der Waals surface area contributed by atoms with E-state index in [1.165, 1.54) is 23.2 Å². The summed E-state index contributed by atoms with van der Waals surface area (Å²) in [5.41, 5.74) is 5.89. The summed E-state index contributed by atoms with van der Waals surface area (Å²) < 4.78 is 0. The SMILES string of the molecule is CN(Cc1ccccc1)C(=O)c1ccc(CN2CCCc3ccccc32)cc1. The molecule has 4 rings (SSSR count). The van der Waals surface area contributed by atoms with Crippen LogP contribution in [0.1, 0.15) is 33.5 Å². The Morgan fingerprint density at radius 3 is 2.39 bits per heavy atom. The third kappa shape index (κ3) is 4.09. The summed E-state index contributed by atoms with van der Waals surface area (Å²) in [6, 6.07) is 26.8. The fourth-order valence-electron chi connectivity index (χ4n) is 3.90. The van der Waals surface area contributed by atoms with Crippen molar-refractivity contribution >= 4 is 11.6 Å². The van der Waals surface area contributed by atoms with Gasteiger partial charge in [-0.3, -0.25) is 4.79 Å². The van der Waals surface area contributed by atoms with E-state index < -0.39 is 0 Å². The van der Waals surface area contributed by atoms with Gasteiger partial charge in [0.1, 0.15) is 0 Å². The lowest BCUT2D eigenvalue weighted by atomic mass is 10.0. The second-order valence-electron chi connectivity index (χ2n) is 7.50. The highest BCUT2D eigenvalue weighted by Crippen LogP contribution is 2.28. The van der Waals surface area contributed by atoms with Crippen molar-refractivity contribution in [2.45, 2.75) is 25.9 Å². The largest absolute Gasteiger partial charge is 0.367 e. The Morgan fingerprint density at radius 2 is 1.61 bits per heavy atom. The minimum Gasteiger partial charge on any atom is -0.367 e. The number of amides is 1. The van der Waals surface area contributed by atoms with Crippen molar-refractivity contribution in [3.8, 4) is 0 Å². The van der Waals surface area contributed by atoms with E-state index >= 15 is 0 Å². The number of hydrogen-bond acceptors (Lipinski definition) is 2. The van der Waals surface area contributed by atoms with E-state index in [4.69, 9.17) is 0 Å². The normalized spacial score (nSPS) is 13.1. The lowest BCUT2D eigenvalue weighted by molar-refractivity contribution is 0.0785. The zero-order valence-corrected chi connectivity index (χ0v) is 16.3. The van der Waals surface area contributed by atoms with Gasteiger partial charge >= 0.3 is 0 Å². The van der Waals surface area contributed by atoms with E-state index in [1.54, 1.807) is 4.90 Å². The third-order valence-corrected chi connectivity index (χ3v) is 5.39.